The molecule has 4 rings (SSSR count). The summed E-state index contributed by atoms with van der Waals surface area (Å²) < 4.78 is 5.57. The van der Waals surface area contributed by atoms with E-state index in [2.05, 4.69) is 0 Å². The number of carbonyl (C=O) groups excluding carboxylic acids is 3. The first-order valence-corrected chi connectivity index (χ1v) is 7.97. The smallest absolute Gasteiger partial charge is 0.194 e. The molecule has 1 heterocycles. The zero-order chi connectivity index (χ0) is 18.9. The summed E-state index contributed by atoms with van der Waals surface area (Å²) in [7, 11) is 0. The van der Waals surface area contributed by atoms with Crippen LogP contribution in [0.2, 0.25) is 5.02 Å². The van der Waals surface area contributed by atoms with Crippen LogP contribution in [-0.2, 0) is 14.3 Å². The number of aromatic hydroxyl groups is 2. The second-order valence-electron chi connectivity index (χ2n) is 6.21. The minimum atomic E-state index is -1.22. The van der Waals surface area contributed by atoms with Gasteiger partial charge in [-0.25, -0.2) is 0 Å². The second-order valence-corrected chi connectivity index (χ2v) is 6.58. The first-order chi connectivity index (χ1) is 12.2. The van der Waals surface area contributed by atoms with E-state index < -0.39 is 51.7 Å². The van der Waals surface area contributed by atoms with Crippen molar-refractivity contribution in [3.8, 4) is 11.5 Å². The van der Waals surface area contributed by atoms with Crippen LogP contribution >= 0.6 is 11.6 Å². The Morgan fingerprint density at radius 3 is 2.42 bits per heavy atom. The molecule has 2 atom stereocenters. The molecular weight excluding hydrogens is 364 g/mol. The molecule has 2 aliphatic carbocycles. The Hall–Kier alpha value is -3.06. The SMILES string of the molecule is CC1=CC(=O)C2C(=O)C=C3C(=O)c4cc(O)c(Cl)c(O)c4C(O)=C3C2O1. The molecule has 3 aliphatic rings. The van der Waals surface area contributed by atoms with Crippen molar-refractivity contribution in [3.05, 3.63) is 51.3 Å². The van der Waals surface area contributed by atoms with Gasteiger partial charge in [-0.1, -0.05) is 11.6 Å². The van der Waals surface area contributed by atoms with Crippen LogP contribution in [-0.4, -0.2) is 38.8 Å². The topological polar surface area (TPSA) is 121 Å². The number of allylic oxidation sites excluding steroid dienone is 3. The zero-order valence-electron chi connectivity index (χ0n) is 13.2. The number of phenols is 2. The van der Waals surface area contributed by atoms with E-state index in [9.17, 15) is 29.7 Å². The van der Waals surface area contributed by atoms with Gasteiger partial charge in [0.05, 0.1) is 11.3 Å². The summed E-state index contributed by atoms with van der Waals surface area (Å²) in [4.78, 5) is 37.4. The predicted molar refractivity (Wildman–Crippen MR) is 88.9 cm³/mol. The Morgan fingerprint density at radius 1 is 1.08 bits per heavy atom. The van der Waals surface area contributed by atoms with Gasteiger partial charge in [-0.15, -0.1) is 0 Å². The van der Waals surface area contributed by atoms with E-state index >= 15 is 0 Å². The first kappa shape index (κ1) is 16.4. The van der Waals surface area contributed by atoms with E-state index in [1.807, 2.05) is 0 Å². The molecule has 1 aromatic carbocycles. The highest BCUT2D eigenvalue weighted by atomic mass is 35.5. The maximum atomic E-state index is 12.8. The first-order valence-electron chi connectivity index (χ1n) is 7.59. The Morgan fingerprint density at radius 2 is 1.73 bits per heavy atom. The number of fused-ring (bicyclic) bond motifs is 4. The molecule has 1 aromatic rings. The Labute approximate surface area is 151 Å². The molecule has 26 heavy (non-hydrogen) atoms. The number of benzene rings is 1. The summed E-state index contributed by atoms with van der Waals surface area (Å²) in [5.41, 5.74) is -0.700. The van der Waals surface area contributed by atoms with Crippen LogP contribution in [0.3, 0.4) is 0 Å². The molecule has 0 bridgehead atoms. The summed E-state index contributed by atoms with van der Waals surface area (Å²) in [6.07, 6.45) is 0.973. The molecule has 3 N–H and O–H groups in total. The molecule has 8 heteroatoms. The van der Waals surface area contributed by atoms with Gasteiger partial charge in [-0.05, 0) is 19.1 Å². The number of aliphatic hydroxyl groups excluding tert-OH is 1. The molecule has 0 saturated carbocycles. The Balaban J connectivity index is 2.05. The highest BCUT2D eigenvalue weighted by Crippen LogP contribution is 2.48. The van der Waals surface area contributed by atoms with Crippen LogP contribution in [0.15, 0.2) is 35.1 Å². The molecule has 1 aliphatic heterocycles. The maximum Gasteiger partial charge on any atom is 0.194 e. The average Bonchev–Trinajstić information content (AvgIpc) is 2.56. The highest BCUT2D eigenvalue weighted by molar-refractivity contribution is 6.34. The quantitative estimate of drug-likeness (QED) is 0.595. The van der Waals surface area contributed by atoms with E-state index in [1.165, 1.54) is 13.0 Å². The fraction of sp³-hybridized carbons (Fsp3) is 0.167. The monoisotopic (exact) mass is 374 g/mol. The van der Waals surface area contributed by atoms with Crippen LogP contribution in [0.4, 0.5) is 0 Å². The summed E-state index contributed by atoms with van der Waals surface area (Å²) in [6.45, 7) is 1.51. The van der Waals surface area contributed by atoms with Crippen molar-refractivity contribution in [3.63, 3.8) is 0 Å². The number of carbonyl (C=O) groups is 3. The zero-order valence-corrected chi connectivity index (χ0v) is 14.0. The van der Waals surface area contributed by atoms with Gasteiger partial charge in [0, 0.05) is 22.8 Å². The lowest BCUT2D eigenvalue weighted by atomic mass is 9.72. The molecule has 132 valence electrons. The van der Waals surface area contributed by atoms with Crippen LogP contribution in [0.25, 0.3) is 5.76 Å². The molecule has 0 amide bonds. The van der Waals surface area contributed by atoms with E-state index in [0.29, 0.717) is 0 Å². The minimum absolute atomic E-state index is 0.0649. The molecule has 0 aromatic heterocycles. The van der Waals surface area contributed by atoms with Gasteiger partial charge in [-0.2, -0.15) is 0 Å². The van der Waals surface area contributed by atoms with Crippen LogP contribution in [0, 0.1) is 5.92 Å². The standard InChI is InChI=1S/C18H11ClO7/c1-5-2-8(20)13-9(21)3-7-12(18(13)26-5)16(24)11-6(15(7)23)4-10(22)14(19)17(11)25/h2-4,13,18,22,24-25H,1H3. The normalized spacial score (nSPS) is 24.3. The number of ketones is 3. The van der Waals surface area contributed by atoms with Crippen molar-refractivity contribution in [1.29, 1.82) is 0 Å². The van der Waals surface area contributed by atoms with Gasteiger partial charge in [0.1, 0.15) is 34.3 Å². The number of hydrogen-bond donors (Lipinski definition) is 3. The fourth-order valence-electron chi connectivity index (χ4n) is 3.50. The number of halogens is 1. The van der Waals surface area contributed by atoms with Gasteiger partial charge in [-0.3, -0.25) is 14.4 Å². The third-order valence-corrected chi connectivity index (χ3v) is 5.01. The van der Waals surface area contributed by atoms with Gasteiger partial charge >= 0.3 is 0 Å². The van der Waals surface area contributed by atoms with Crippen molar-refractivity contribution in [2.24, 2.45) is 5.92 Å². The largest absolute Gasteiger partial charge is 0.507 e. The number of rotatable bonds is 0. The van der Waals surface area contributed by atoms with Crippen LogP contribution in [0.1, 0.15) is 22.8 Å². The van der Waals surface area contributed by atoms with Gasteiger partial charge in [0.25, 0.3) is 0 Å². The summed E-state index contributed by atoms with van der Waals surface area (Å²) in [5, 5.41) is 30.3. The molecule has 0 fully saturated rings. The minimum Gasteiger partial charge on any atom is -0.507 e. The van der Waals surface area contributed by atoms with Gasteiger partial charge in [0.15, 0.2) is 17.3 Å². The molecule has 0 spiro atoms. The number of phenolic OH excluding ortho intramolecular Hbond substituents is 2. The van der Waals surface area contributed by atoms with Crippen molar-refractivity contribution in [1.82, 2.24) is 0 Å². The highest BCUT2D eigenvalue weighted by Gasteiger charge is 2.49. The van der Waals surface area contributed by atoms with Crippen molar-refractivity contribution in [2.45, 2.75) is 13.0 Å². The van der Waals surface area contributed by atoms with Crippen molar-refractivity contribution < 1.29 is 34.4 Å². The van der Waals surface area contributed by atoms with E-state index in [1.54, 1.807) is 0 Å². The number of hydrogen-bond acceptors (Lipinski definition) is 7. The molecule has 0 radical (unpaired) electrons. The van der Waals surface area contributed by atoms with E-state index in [4.69, 9.17) is 16.3 Å². The second kappa shape index (κ2) is 5.22. The molecule has 0 saturated heterocycles. The lowest BCUT2D eigenvalue weighted by molar-refractivity contribution is -0.133. The lowest BCUT2D eigenvalue weighted by Gasteiger charge is -2.36. The fourth-order valence-corrected chi connectivity index (χ4v) is 3.65. The number of ether oxygens (including phenoxy) is 1. The van der Waals surface area contributed by atoms with Gasteiger partial charge < -0.3 is 20.1 Å². The Kier molecular flexibility index (Phi) is 3.29. The van der Waals surface area contributed by atoms with E-state index in [-0.39, 0.29) is 28.0 Å². The van der Waals surface area contributed by atoms with Crippen LogP contribution in [0.5, 0.6) is 11.5 Å². The van der Waals surface area contributed by atoms with Crippen LogP contribution < -0.4 is 0 Å². The maximum absolute atomic E-state index is 12.8. The summed E-state index contributed by atoms with van der Waals surface area (Å²) >= 11 is 5.80. The number of Topliss-reactive ketones (excluding diaryl/α,β-unsaturated/α-hetero) is 1. The average molecular weight is 375 g/mol. The van der Waals surface area contributed by atoms with Gasteiger partial charge in [0.2, 0.25) is 0 Å². The lowest BCUT2D eigenvalue weighted by Crippen LogP contribution is -2.44. The predicted octanol–water partition coefficient (Wildman–Crippen LogP) is 2.21. The molecule has 7 nitrogen and oxygen atoms in total. The molecular formula is C18H11ClO7. The third kappa shape index (κ3) is 1.97. The third-order valence-electron chi connectivity index (χ3n) is 4.64. The number of aliphatic hydroxyl groups is 1. The van der Waals surface area contributed by atoms with Crippen molar-refractivity contribution >= 4 is 34.7 Å². The summed E-state index contributed by atoms with van der Waals surface area (Å²) in [5.74, 6) is -4.56. The molecule has 2 unspecified atom stereocenters. The Bertz CT molecular complexity index is 1030. The van der Waals surface area contributed by atoms with Crippen molar-refractivity contribution in [2.75, 3.05) is 0 Å². The van der Waals surface area contributed by atoms with E-state index in [0.717, 1.165) is 12.1 Å². The summed E-state index contributed by atoms with van der Waals surface area (Å²) in [6, 6.07) is 1.00.